The van der Waals surface area contributed by atoms with Gasteiger partial charge in [-0.1, -0.05) is 194 Å². The van der Waals surface area contributed by atoms with Crippen LogP contribution in [0.3, 0.4) is 0 Å². The van der Waals surface area contributed by atoms with Crippen molar-refractivity contribution in [2.24, 2.45) is 0 Å². The number of hydrogen-bond acceptors (Lipinski definition) is 2. The van der Waals surface area contributed by atoms with E-state index < -0.39 is 0 Å². The van der Waals surface area contributed by atoms with Crippen LogP contribution in [0.5, 0.6) is 0 Å². The van der Waals surface area contributed by atoms with Gasteiger partial charge in [-0.05, 0) is 117 Å². The van der Waals surface area contributed by atoms with Crippen molar-refractivity contribution in [1.29, 1.82) is 0 Å². The predicted octanol–water partition coefficient (Wildman–Crippen LogP) is 16.3. The average Bonchev–Trinajstić information content (AvgIpc) is 3.33. The minimum absolute atomic E-state index is 1.12. The SMILES string of the molecule is C(=C\c1ccc(-c2ccc(N(c3ccccc3)c3ccccc3)cc2)cc1)/c1ccc(-c2ccc(/C=C/c3ccc(N(c4ccccc4)c4ccccc4)cc3)cc2)cc1. The van der Waals surface area contributed by atoms with E-state index in [1.807, 2.05) is 0 Å². The predicted molar refractivity (Wildman–Crippen MR) is 257 cm³/mol. The lowest BCUT2D eigenvalue weighted by Gasteiger charge is -2.25. The van der Waals surface area contributed by atoms with Gasteiger partial charge in [-0.2, -0.15) is 0 Å². The fourth-order valence-electron chi connectivity index (χ4n) is 7.49. The van der Waals surface area contributed by atoms with Crippen LogP contribution in [0.1, 0.15) is 22.3 Å². The van der Waals surface area contributed by atoms with E-state index in [1.54, 1.807) is 0 Å². The summed E-state index contributed by atoms with van der Waals surface area (Å²) in [4.78, 5) is 4.56. The second-order valence-corrected chi connectivity index (χ2v) is 14.7. The van der Waals surface area contributed by atoms with Crippen LogP contribution in [0.25, 0.3) is 46.6 Å². The first-order valence-corrected chi connectivity index (χ1v) is 20.4. The molecule has 2 nitrogen and oxygen atoms in total. The molecule has 0 aliphatic rings. The van der Waals surface area contributed by atoms with E-state index >= 15 is 0 Å². The molecule has 0 aromatic heterocycles. The second-order valence-electron chi connectivity index (χ2n) is 14.7. The number of benzene rings is 9. The second kappa shape index (κ2) is 18.1. The molecule has 0 saturated heterocycles. The van der Waals surface area contributed by atoms with Crippen LogP contribution >= 0.6 is 0 Å². The molecule has 0 saturated carbocycles. The summed E-state index contributed by atoms with van der Waals surface area (Å²) >= 11 is 0. The smallest absolute Gasteiger partial charge is 0.0462 e. The van der Waals surface area contributed by atoms with Gasteiger partial charge in [-0.15, -0.1) is 0 Å². The van der Waals surface area contributed by atoms with E-state index in [1.165, 1.54) is 38.9 Å². The van der Waals surface area contributed by atoms with Crippen molar-refractivity contribution in [3.63, 3.8) is 0 Å². The summed E-state index contributed by atoms with van der Waals surface area (Å²) < 4.78 is 0. The lowest BCUT2D eigenvalue weighted by atomic mass is 10.0. The Morgan fingerprint density at radius 1 is 0.183 bits per heavy atom. The quantitative estimate of drug-likeness (QED) is 0.114. The molecule has 2 heteroatoms. The number of rotatable bonds is 12. The van der Waals surface area contributed by atoms with Gasteiger partial charge < -0.3 is 9.80 Å². The van der Waals surface area contributed by atoms with Gasteiger partial charge in [0.1, 0.15) is 0 Å². The summed E-state index contributed by atoms with van der Waals surface area (Å²) in [7, 11) is 0. The van der Waals surface area contributed by atoms with Gasteiger partial charge >= 0.3 is 0 Å². The highest BCUT2D eigenvalue weighted by Gasteiger charge is 2.13. The van der Waals surface area contributed by atoms with Crippen LogP contribution in [0.4, 0.5) is 34.1 Å². The van der Waals surface area contributed by atoms with Gasteiger partial charge in [0.25, 0.3) is 0 Å². The van der Waals surface area contributed by atoms with E-state index in [0.29, 0.717) is 0 Å². The molecule has 9 rings (SSSR count). The van der Waals surface area contributed by atoms with Crippen LogP contribution in [0.15, 0.2) is 243 Å². The van der Waals surface area contributed by atoms with E-state index in [9.17, 15) is 0 Å². The van der Waals surface area contributed by atoms with Crippen LogP contribution in [0.2, 0.25) is 0 Å². The molecule has 0 heterocycles. The molecule has 0 N–H and O–H groups in total. The Labute approximate surface area is 353 Å². The standard InChI is InChI=1S/C58H44N2/c1-5-13-53(14-6-1)59(54-15-7-2-8-16-54)57-41-31-48(32-42-57)24-23-47-27-35-50(36-28-47)49-33-25-45(26-34-49)21-22-46-29-37-51(38-30-46)52-39-43-58(44-40-52)60(55-17-9-3-10-18-55)56-19-11-4-12-20-56/h1-44H/b22-21+,24-23+. The summed E-state index contributed by atoms with van der Waals surface area (Å²) in [5.74, 6) is 0. The van der Waals surface area contributed by atoms with E-state index in [-0.39, 0.29) is 0 Å². The van der Waals surface area contributed by atoms with Crippen molar-refractivity contribution in [3.05, 3.63) is 265 Å². The summed E-state index contributed by atoms with van der Waals surface area (Å²) in [5.41, 5.74) is 16.2. The molecule has 9 aromatic rings. The number of nitrogens with zero attached hydrogens (tertiary/aromatic N) is 2. The van der Waals surface area contributed by atoms with Gasteiger partial charge in [0.2, 0.25) is 0 Å². The van der Waals surface area contributed by atoms with Crippen LogP contribution in [0, 0.1) is 0 Å². The Balaban J connectivity index is 0.813. The van der Waals surface area contributed by atoms with E-state index in [0.717, 1.165) is 39.7 Å². The molecule has 0 spiro atoms. The maximum absolute atomic E-state index is 2.28. The fourth-order valence-corrected chi connectivity index (χ4v) is 7.49. The molecule has 60 heavy (non-hydrogen) atoms. The van der Waals surface area contributed by atoms with Gasteiger partial charge in [-0.3, -0.25) is 0 Å². The highest BCUT2D eigenvalue weighted by atomic mass is 15.1. The van der Waals surface area contributed by atoms with Crippen molar-refractivity contribution in [1.82, 2.24) is 0 Å². The summed E-state index contributed by atoms with van der Waals surface area (Å²) in [5, 5.41) is 0. The highest BCUT2D eigenvalue weighted by Crippen LogP contribution is 2.36. The average molecular weight is 769 g/mol. The monoisotopic (exact) mass is 768 g/mol. The minimum atomic E-state index is 1.12. The Bertz CT molecular complexity index is 2700. The molecule has 0 atom stereocenters. The van der Waals surface area contributed by atoms with Gasteiger partial charge in [0, 0.05) is 34.1 Å². The lowest BCUT2D eigenvalue weighted by Crippen LogP contribution is -2.09. The molecule has 0 aliphatic heterocycles. The first-order valence-electron chi connectivity index (χ1n) is 20.4. The molecular weight excluding hydrogens is 725 g/mol. The van der Waals surface area contributed by atoms with Gasteiger partial charge in [0.15, 0.2) is 0 Å². The Morgan fingerprint density at radius 2 is 0.367 bits per heavy atom. The highest BCUT2D eigenvalue weighted by molar-refractivity contribution is 5.81. The maximum Gasteiger partial charge on any atom is 0.0462 e. The zero-order valence-corrected chi connectivity index (χ0v) is 33.3. The molecule has 286 valence electrons. The third-order valence-corrected chi connectivity index (χ3v) is 10.7. The molecular formula is C58H44N2. The van der Waals surface area contributed by atoms with Crippen LogP contribution in [-0.2, 0) is 0 Å². The topological polar surface area (TPSA) is 6.48 Å². The maximum atomic E-state index is 2.28. The zero-order valence-electron chi connectivity index (χ0n) is 33.3. The number of hydrogen-bond donors (Lipinski definition) is 0. The largest absolute Gasteiger partial charge is 0.311 e. The van der Waals surface area contributed by atoms with Gasteiger partial charge in [0.05, 0.1) is 0 Å². The Hall–Kier alpha value is -7.94. The summed E-state index contributed by atoms with van der Waals surface area (Å²) in [6.07, 6.45) is 8.70. The van der Waals surface area contributed by atoms with Gasteiger partial charge in [-0.25, -0.2) is 0 Å². The fraction of sp³-hybridized carbons (Fsp3) is 0. The molecule has 0 radical (unpaired) electrons. The Kier molecular flexibility index (Phi) is 11.4. The van der Waals surface area contributed by atoms with Crippen molar-refractivity contribution >= 4 is 58.4 Å². The van der Waals surface area contributed by atoms with E-state index in [4.69, 9.17) is 0 Å². The van der Waals surface area contributed by atoms with Crippen molar-refractivity contribution < 1.29 is 0 Å². The molecule has 0 bridgehead atoms. The molecule has 0 aliphatic carbocycles. The molecule has 9 aromatic carbocycles. The van der Waals surface area contributed by atoms with Crippen molar-refractivity contribution in [2.45, 2.75) is 0 Å². The Morgan fingerprint density at radius 3 is 0.617 bits per heavy atom. The first-order chi connectivity index (χ1) is 29.7. The molecule has 0 amide bonds. The lowest BCUT2D eigenvalue weighted by molar-refractivity contribution is 1.28. The molecule has 0 fully saturated rings. The minimum Gasteiger partial charge on any atom is -0.311 e. The normalized spacial score (nSPS) is 11.2. The zero-order chi connectivity index (χ0) is 40.4. The first kappa shape index (κ1) is 37.6. The number of anilines is 6. The van der Waals surface area contributed by atoms with Crippen molar-refractivity contribution in [3.8, 4) is 22.3 Å². The van der Waals surface area contributed by atoms with Crippen LogP contribution < -0.4 is 9.80 Å². The summed E-state index contributed by atoms with van der Waals surface area (Å²) in [6.45, 7) is 0. The van der Waals surface area contributed by atoms with E-state index in [2.05, 4.69) is 277 Å². The third kappa shape index (κ3) is 8.95. The summed E-state index contributed by atoms with van der Waals surface area (Å²) in [6, 6.07) is 85.8. The third-order valence-electron chi connectivity index (χ3n) is 10.7. The number of para-hydroxylation sites is 4. The van der Waals surface area contributed by atoms with Crippen LogP contribution in [-0.4, -0.2) is 0 Å². The van der Waals surface area contributed by atoms with Crippen molar-refractivity contribution in [2.75, 3.05) is 9.80 Å². The molecule has 0 unspecified atom stereocenters.